The maximum absolute atomic E-state index is 11.2. The lowest BCUT2D eigenvalue weighted by Crippen LogP contribution is -2.02. The Labute approximate surface area is 121 Å². The van der Waals surface area contributed by atoms with E-state index in [1.165, 1.54) is 12.0 Å². The van der Waals surface area contributed by atoms with E-state index in [0.717, 1.165) is 16.9 Å². The van der Waals surface area contributed by atoms with Crippen molar-refractivity contribution in [2.45, 2.75) is 11.8 Å². The van der Waals surface area contributed by atoms with Gasteiger partial charge in [0.2, 0.25) is 5.88 Å². The number of rotatable bonds is 5. The van der Waals surface area contributed by atoms with E-state index >= 15 is 0 Å². The molecule has 104 valence electrons. The number of carboxylic acid groups (broad SMARTS) is 1. The van der Waals surface area contributed by atoms with E-state index in [-0.39, 0.29) is 11.4 Å². The van der Waals surface area contributed by atoms with Crippen LogP contribution in [-0.2, 0) is 0 Å². The molecule has 5 heteroatoms. The molecule has 0 radical (unpaired) electrons. The Kier molecular flexibility index (Phi) is 4.63. The second-order valence-electron chi connectivity index (χ2n) is 4.04. The van der Waals surface area contributed by atoms with Gasteiger partial charge in [0.05, 0.1) is 7.11 Å². The van der Waals surface area contributed by atoms with Gasteiger partial charge >= 0.3 is 5.97 Å². The van der Waals surface area contributed by atoms with Crippen LogP contribution in [0.15, 0.2) is 41.4 Å². The number of benzene rings is 1. The molecule has 0 aliphatic rings. The van der Waals surface area contributed by atoms with Crippen molar-refractivity contribution in [1.82, 2.24) is 4.98 Å². The van der Waals surface area contributed by atoms with Crippen LogP contribution in [0.25, 0.3) is 11.1 Å². The van der Waals surface area contributed by atoms with Crippen molar-refractivity contribution in [2.24, 2.45) is 0 Å². The molecule has 0 aliphatic heterocycles. The smallest absolute Gasteiger partial charge is 0.341 e. The minimum absolute atomic E-state index is 0.0667. The molecule has 20 heavy (non-hydrogen) atoms. The zero-order valence-electron chi connectivity index (χ0n) is 11.3. The first-order chi connectivity index (χ1) is 9.65. The Morgan fingerprint density at radius 2 is 2.00 bits per heavy atom. The third-order valence-corrected chi connectivity index (χ3v) is 3.67. The fourth-order valence-corrected chi connectivity index (χ4v) is 2.50. The van der Waals surface area contributed by atoms with Crippen molar-refractivity contribution in [3.8, 4) is 17.0 Å². The van der Waals surface area contributed by atoms with Crippen LogP contribution in [0.4, 0.5) is 0 Å². The summed E-state index contributed by atoms with van der Waals surface area (Å²) < 4.78 is 4.95. The number of pyridine rings is 1. The highest BCUT2D eigenvalue weighted by Crippen LogP contribution is 2.26. The lowest BCUT2D eigenvalue weighted by atomic mass is 10.1. The second kappa shape index (κ2) is 6.43. The summed E-state index contributed by atoms with van der Waals surface area (Å²) >= 11 is 1.76. The van der Waals surface area contributed by atoms with Crippen LogP contribution in [0.3, 0.4) is 0 Å². The lowest BCUT2D eigenvalue weighted by molar-refractivity contribution is 0.0692. The molecular weight excluding hydrogens is 274 g/mol. The van der Waals surface area contributed by atoms with Crippen LogP contribution in [0.2, 0.25) is 0 Å². The number of nitrogens with zero attached hydrogens (tertiary/aromatic N) is 1. The van der Waals surface area contributed by atoms with E-state index in [2.05, 4.69) is 11.9 Å². The molecule has 0 fully saturated rings. The summed E-state index contributed by atoms with van der Waals surface area (Å²) in [6, 6.07) is 9.55. The van der Waals surface area contributed by atoms with Gasteiger partial charge in [-0.3, -0.25) is 0 Å². The van der Waals surface area contributed by atoms with Gasteiger partial charge in [0, 0.05) is 16.7 Å². The van der Waals surface area contributed by atoms with E-state index in [0.29, 0.717) is 0 Å². The highest BCUT2D eigenvalue weighted by Gasteiger charge is 2.13. The highest BCUT2D eigenvalue weighted by atomic mass is 32.2. The van der Waals surface area contributed by atoms with Crippen LogP contribution in [-0.4, -0.2) is 28.9 Å². The van der Waals surface area contributed by atoms with Crippen LogP contribution >= 0.6 is 11.8 Å². The van der Waals surface area contributed by atoms with Gasteiger partial charge in [0.15, 0.2) is 0 Å². The number of hydrogen-bond donors (Lipinski definition) is 1. The number of methoxy groups -OCH3 is 1. The molecule has 0 atom stereocenters. The molecule has 0 saturated heterocycles. The molecule has 4 nitrogen and oxygen atoms in total. The van der Waals surface area contributed by atoms with E-state index in [1.54, 1.807) is 24.0 Å². The predicted octanol–water partition coefficient (Wildman–Crippen LogP) is 3.57. The minimum Gasteiger partial charge on any atom is -0.480 e. The molecule has 0 spiro atoms. The van der Waals surface area contributed by atoms with Gasteiger partial charge in [0.25, 0.3) is 0 Å². The first kappa shape index (κ1) is 14.4. The SMILES string of the molecule is CCSc1ccc(-c2cnc(OC)c(C(=O)O)c2)cc1. The fourth-order valence-electron chi connectivity index (χ4n) is 1.84. The predicted molar refractivity (Wildman–Crippen MR) is 79.6 cm³/mol. The van der Waals surface area contributed by atoms with Gasteiger partial charge < -0.3 is 9.84 Å². The quantitative estimate of drug-likeness (QED) is 0.853. The van der Waals surface area contributed by atoms with Crippen LogP contribution < -0.4 is 4.74 Å². The van der Waals surface area contributed by atoms with Crippen LogP contribution in [0.5, 0.6) is 5.88 Å². The Hall–Kier alpha value is -2.01. The standard InChI is InChI=1S/C15H15NO3S/c1-3-20-12-6-4-10(5-7-12)11-8-13(15(17)18)14(19-2)16-9-11/h4-9H,3H2,1-2H3,(H,17,18). The number of carbonyl (C=O) groups is 1. The topological polar surface area (TPSA) is 59.4 Å². The van der Waals surface area contributed by atoms with Crippen molar-refractivity contribution in [3.63, 3.8) is 0 Å². The van der Waals surface area contributed by atoms with Gasteiger partial charge in [0.1, 0.15) is 5.56 Å². The fraction of sp³-hybridized carbons (Fsp3) is 0.200. The number of hydrogen-bond acceptors (Lipinski definition) is 4. The Balaban J connectivity index is 2.37. The molecule has 0 saturated carbocycles. The number of aromatic nitrogens is 1. The van der Waals surface area contributed by atoms with Crippen molar-refractivity contribution in [1.29, 1.82) is 0 Å². The molecule has 1 heterocycles. The zero-order valence-corrected chi connectivity index (χ0v) is 12.1. The number of ether oxygens (including phenoxy) is 1. The van der Waals surface area contributed by atoms with Gasteiger partial charge in [-0.2, -0.15) is 0 Å². The normalized spacial score (nSPS) is 10.3. The summed E-state index contributed by atoms with van der Waals surface area (Å²) in [7, 11) is 1.41. The first-order valence-electron chi connectivity index (χ1n) is 6.16. The average Bonchev–Trinajstić information content (AvgIpc) is 2.47. The lowest BCUT2D eigenvalue weighted by Gasteiger charge is -2.07. The first-order valence-corrected chi connectivity index (χ1v) is 7.14. The maximum Gasteiger partial charge on any atom is 0.341 e. The number of aromatic carboxylic acids is 1. The minimum atomic E-state index is -1.05. The van der Waals surface area contributed by atoms with Crippen molar-refractivity contribution in [3.05, 3.63) is 42.1 Å². The molecule has 2 aromatic rings. The van der Waals surface area contributed by atoms with E-state index < -0.39 is 5.97 Å². The molecule has 0 aliphatic carbocycles. The monoisotopic (exact) mass is 289 g/mol. The van der Waals surface area contributed by atoms with Crippen LogP contribution in [0.1, 0.15) is 17.3 Å². The van der Waals surface area contributed by atoms with Gasteiger partial charge in [-0.05, 0) is 29.5 Å². The Bertz CT molecular complexity index is 611. The molecule has 1 aromatic heterocycles. The highest BCUT2D eigenvalue weighted by molar-refractivity contribution is 7.99. The molecule has 0 amide bonds. The Morgan fingerprint density at radius 3 is 2.55 bits per heavy atom. The zero-order chi connectivity index (χ0) is 14.5. The van der Waals surface area contributed by atoms with Crippen molar-refractivity contribution < 1.29 is 14.6 Å². The summed E-state index contributed by atoms with van der Waals surface area (Å²) in [4.78, 5) is 16.4. The van der Waals surface area contributed by atoms with Gasteiger partial charge in [-0.15, -0.1) is 11.8 Å². The van der Waals surface area contributed by atoms with Crippen molar-refractivity contribution >= 4 is 17.7 Å². The van der Waals surface area contributed by atoms with Gasteiger partial charge in [-0.1, -0.05) is 19.1 Å². The van der Waals surface area contributed by atoms with Gasteiger partial charge in [-0.25, -0.2) is 9.78 Å². The maximum atomic E-state index is 11.2. The van der Waals surface area contributed by atoms with Crippen molar-refractivity contribution in [2.75, 3.05) is 12.9 Å². The molecule has 0 unspecified atom stereocenters. The molecule has 0 bridgehead atoms. The number of carboxylic acids is 1. The Morgan fingerprint density at radius 1 is 1.30 bits per heavy atom. The average molecular weight is 289 g/mol. The summed E-state index contributed by atoms with van der Waals surface area (Å²) in [5.74, 6) is 0.0980. The van der Waals surface area contributed by atoms with Crippen LogP contribution in [0, 0.1) is 0 Å². The summed E-state index contributed by atoms with van der Waals surface area (Å²) in [6.07, 6.45) is 1.62. The summed E-state index contributed by atoms with van der Waals surface area (Å²) in [5.41, 5.74) is 1.76. The van der Waals surface area contributed by atoms with E-state index in [9.17, 15) is 4.79 Å². The number of thioether (sulfide) groups is 1. The molecule has 1 aromatic carbocycles. The molecule has 1 N–H and O–H groups in total. The third-order valence-electron chi connectivity index (χ3n) is 2.77. The third kappa shape index (κ3) is 3.11. The molecule has 2 rings (SSSR count). The summed E-state index contributed by atoms with van der Waals surface area (Å²) in [5, 5.41) is 9.16. The largest absolute Gasteiger partial charge is 0.480 e. The van der Waals surface area contributed by atoms with E-state index in [1.807, 2.05) is 24.3 Å². The summed E-state index contributed by atoms with van der Waals surface area (Å²) in [6.45, 7) is 2.10. The molecular formula is C15H15NO3S. The van der Waals surface area contributed by atoms with E-state index in [4.69, 9.17) is 9.84 Å². The second-order valence-corrected chi connectivity index (χ2v) is 5.38.